The van der Waals surface area contributed by atoms with Gasteiger partial charge in [0.15, 0.2) is 6.10 Å². The van der Waals surface area contributed by atoms with Gasteiger partial charge in [0.25, 0.3) is 5.91 Å². The molecular formula is C17H28N2O2. The van der Waals surface area contributed by atoms with Gasteiger partial charge in [-0.15, -0.1) is 0 Å². The first-order chi connectivity index (χ1) is 10.1. The van der Waals surface area contributed by atoms with Crippen molar-refractivity contribution >= 4 is 5.91 Å². The van der Waals surface area contributed by atoms with Crippen molar-refractivity contribution in [3.05, 3.63) is 29.8 Å². The van der Waals surface area contributed by atoms with Gasteiger partial charge in [-0.25, -0.2) is 0 Å². The molecule has 0 aliphatic rings. The van der Waals surface area contributed by atoms with Crippen molar-refractivity contribution < 1.29 is 9.53 Å². The average Bonchev–Trinajstić information content (AvgIpc) is 2.50. The molecule has 118 valence electrons. The molecule has 1 rings (SSSR count). The summed E-state index contributed by atoms with van der Waals surface area (Å²) >= 11 is 0. The van der Waals surface area contributed by atoms with Crippen LogP contribution in [0.25, 0.3) is 0 Å². The number of amides is 1. The molecule has 0 bridgehead atoms. The Kier molecular flexibility index (Phi) is 7.83. The van der Waals surface area contributed by atoms with Crippen LogP contribution in [0.4, 0.5) is 0 Å². The number of carbonyl (C=O) groups is 1. The third kappa shape index (κ3) is 6.17. The van der Waals surface area contributed by atoms with Gasteiger partial charge in [-0.3, -0.25) is 4.79 Å². The number of hydrogen-bond donors (Lipinski definition) is 2. The van der Waals surface area contributed by atoms with Gasteiger partial charge in [-0.1, -0.05) is 31.9 Å². The van der Waals surface area contributed by atoms with E-state index in [9.17, 15) is 4.79 Å². The molecule has 0 spiro atoms. The highest BCUT2D eigenvalue weighted by atomic mass is 16.5. The molecular weight excluding hydrogens is 264 g/mol. The van der Waals surface area contributed by atoms with E-state index in [0.29, 0.717) is 0 Å². The Balaban J connectivity index is 2.50. The van der Waals surface area contributed by atoms with Crippen LogP contribution in [0.2, 0.25) is 0 Å². The van der Waals surface area contributed by atoms with Crippen LogP contribution in [-0.2, 0) is 4.79 Å². The third-order valence-corrected chi connectivity index (χ3v) is 3.55. The van der Waals surface area contributed by atoms with E-state index < -0.39 is 6.10 Å². The standard InChI is InChI=1S/C17H28N2O2/c1-5-6-7-11-19-17(20)14(3)21-16-10-8-9-15(12-16)13(2)18-4/h8-10,12-14,18H,5-7,11H2,1-4H3,(H,19,20). The molecule has 21 heavy (non-hydrogen) atoms. The number of benzene rings is 1. The Labute approximate surface area is 128 Å². The van der Waals surface area contributed by atoms with Crippen LogP contribution in [-0.4, -0.2) is 25.6 Å². The van der Waals surface area contributed by atoms with E-state index in [1.165, 1.54) is 0 Å². The number of carbonyl (C=O) groups excluding carboxylic acids is 1. The number of ether oxygens (including phenoxy) is 1. The van der Waals surface area contributed by atoms with Crippen molar-refractivity contribution in [3.8, 4) is 5.75 Å². The topological polar surface area (TPSA) is 50.4 Å². The molecule has 2 atom stereocenters. The van der Waals surface area contributed by atoms with Crippen molar-refractivity contribution in [2.24, 2.45) is 0 Å². The summed E-state index contributed by atoms with van der Waals surface area (Å²) in [5.74, 6) is 0.670. The summed E-state index contributed by atoms with van der Waals surface area (Å²) < 4.78 is 5.73. The van der Waals surface area contributed by atoms with Crippen LogP contribution in [0.5, 0.6) is 5.75 Å². The van der Waals surface area contributed by atoms with E-state index in [1.807, 2.05) is 31.3 Å². The molecule has 1 aromatic carbocycles. The van der Waals surface area contributed by atoms with Crippen LogP contribution >= 0.6 is 0 Å². The van der Waals surface area contributed by atoms with Gasteiger partial charge in [0, 0.05) is 12.6 Å². The number of rotatable bonds is 9. The number of unbranched alkanes of at least 4 members (excludes halogenated alkanes) is 2. The lowest BCUT2D eigenvalue weighted by Gasteiger charge is -2.17. The summed E-state index contributed by atoms with van der Waals surface area (Å²) in [6.45, 7) is 6.73. The molecule has 1 aromatic rings. The Morgan fingerprint density at radius 3 is 2.71 bits per heavy atom. The highest BCUT2D eigenvalue weighted by Gasteiger charge is 2.14. The minimum atomic E-state index is -0.480. The van der Waals surface area contributed by atoms with Gasteiger partial charge >= 0.3 is 0 Å². The van der Waals surface area contributed by atoms with E-state index >= 15 is 0 Å². The maximum absolute atomic E-state index is 11.9. The van der Waals surface area contributed by atoms with E-state index in [1.54, 1.807) is 6.92 Å². The normalized spacial score (nSPS) is 13.5. The van der Waals surface area contributed by atoms with Crippen LogP contribution in [0.3, 0.4) is 0 Å². The molecule has 0 saturated carbocycles. The predicted octanol–water partition coefficient (Wildman–Crippen LogP) is 3.04. The van der Waals surface area contributed by atoms with Gasteiger partial charge in [0.1, 0.15) is 5.75 Å². The molecule has 0 fully saturated rings. The molecule has 4 heteroatoms. The molecule has 1 amide bonds. The van der Waals surface area contributed by atoms with Crippen molar-refractivity contribution in [1.82, 2.24) is 10.6 Å². The van der Waals surface area contributed by atoms with Gasteiger partial charge in [0.2, 0.25) is 0 Å². The summed E-state index contributed by atoms with van der Waals surface area (Å²) in [5.41, 5.74) is 1.14. The summed E-state index contributed by atoms with van der Waals surface area (Å²) in [5, 5.41) is 6.10. The molecule has 0 heterocycles. The largest absolute Gasteiger partial charge is 0.481 e. The van der Waals surface area contributed by atoms with Crippen LogP contribution in [0.15, 0.2) is 24.3 Å². The molecule has 2 unspecified atom stereocenters. The third-order valence-electron chi connectivity index (χ3n) is 3.55. The van der Waals surface area contributed by atoms with Gasteiger partial charge in [-0.2, -0.15) is 0 Å². The highest BCUT2D eigenvalue weighted by Crippen LogP contribution is 2.19. The van der Waals surface area contributed by atoms with Gasteiger partial charge < -0.3 is 15.4 Å². The lowest BCUT2D eigenvalue weighted by Crippen LogP contribution is -2.36. The summed E-state index contributed by atoms with van der Waals surface area (Å²) in [7, 11) is 1.92. The molecule has 0 saturated heterocycles. The second-order valence-corrected chi connectivity index (χ2v) is 5.34. The summed E-state index contributed by atoms with van der Waals surface area (Å²) in [6.07, 6.45) is 2.83. The summed E-state index contributed by atoms with van der Waals surface area (Å²) in [4.78, 5) is 11.9. The predicted molar refractivity (Wildman–Crippen MR) is 86.5 cm³/mol. The maximum atomic E-state index is 11.9. The minimum absolute atomic E-state index is 0.0572. The highest BCUT2D eigenvalue weighted by molar-refractivity contribution is 5.80. The number of nitrogens with one attached hydrogen (secondary N) is 2. The van der Waals surface area contributed by atoms with Crippen molar-refractivity contribution in [3.63, 3.8) is 0 Å². The van der Waals surface area contributed by atoms with Crippen LogP contribution in [0.1, 0.15) is 51.6 Å². The van der Waals surface area contributed by atoms with Crippen LogP contribution < -0.4 is 15.4 Å². The monoisotopic (exact) mass is 292 g/mol. The SMILES string of the molecule is CCCCCNC(=O)C(C)Oc1cccc(C(C)NC)c1. The van der Waals surface area contributed by atoms with Gasteiger partial charge in [-0.05, 0) is 45.0 Å². The van der Waals surface area contributed by atoms with Crippen molar-refractivity contribution in [2.75, 3.05) is 13.6 Å². The Morgan fingerprint density at radius 1 is 1.29 bits per heavy atom. The zero-order valence-corrected chi connectivity index (χ0v) is 13.6. The van der Waals surface area contributed by atoms with E-state index in [2.05, 4.69) is 24.5 Å². The zero-order valence-electron chi connectivity index (χ0n) is 13.6. The van der Waals surface area contributed by atoms with E-state index in [-0.39, 0.29) is 11.9 Å². The lowest BCUT2D eigenvalue weighted by atomic mass is 10.1. The van der Waals surface area contributed by atoms with Crippen molar-refractivity contribution in [1.29, 1.82) is 0 Å². The smallest absolute Gasteiger partial charge is 0.260 e. The molecule has 0 radical (unpaired) electrons. The molecule has 2 N–H and O–H groups in total. The minimum Gasteiger partial charge on any atom is -0.481 e. The van der Waals surface area contributed by atoms with Crippen LogP contribution in [0, 0.1) is 0 Å². The Hall–Kier alpha value is -1.55. The molecule has 0 aliphatic carbocycles. The fourth-order valence-corrected chi connectivity index (χ4v) is 2.01. The fraction of sp³-hybridized carbons (Fsp3) is 0.588. The van der Waals surface area contributed by atoms with Gasteiger partial charge in [0.05, 0.1) is 0 Å². The fourth-order valence-electron chi connectivity index (χ4n) is 2.01. The molecule has 0 aromatic heterocycles. The maximum Gasteiger partial charge on any atom is 0.260 e. The average molecular weight is 292 g/mol. The molecule has 4 nitrogen and oxygen atoms in total. The lowest BCUT2D eigenvalue weighted by molar-refractivity contribution is -0.127. The Morgan fingerprint density at radius 2 is 2.05 bits per heavy atom. The zero-order chi connectivity index (χ0) is 15.7. The van der Waals surface area contributed by atoms with Crippen molar-refractivity contribution in [2.45, 2.75) is 52.2 Å². The first kappa shape index (κ1) is 17.5. The summed E-state index contributed by atoms with van der Waals surface area (Å²) in [6, 6.07) is 8.11. The van der Waals surface area contributed by atoms with E-state index in [0.717, 1.165) is 37.1 Å². The second kappa shape index (κ2) is 9.40. The first-order valence-electron chi connectivity index (χ1n) is 7.80. The molecule has 0 aliphatic heterocycles. The van der Waals surface area contributed by atoms with E-state index in [4.69, 9.17) is 4.74 Å². The second-order valence-electron chi connectivity index (χ2n) is 5.34. The quantitative estimate of drug-likeness (QED) is 0.688. The Bertz CT molecular complexity index is 435. The first-order valence-corrected chi connectivity index (χ1v) is 7.80. The number of hydrogen-bond acceptors (Lipinski definition) is 3.